The maximum absolute atomic E-state index is 13.0. The zero-order chi connectivity index (χ0) is 80.8. The normalized spacial score (nSPS) is 14.6. The van der Waals surface area contributed by atoms with Crippen LogP contribution in [0, 0.1) is 0 Å². The van der Waals surface area contributed by atoms with Crippen LogP contribution >= 0.6 is 15.6 Å². The van der Waals surface area contributed by atoms with E-state index in [0.29, 0.717) is 19.3 Å². The van der Waals surface area contributed by atoms with Crippen LogP contribution in [0.2, 0.25) is 0 Å². The van der Waals surface area contributed by atoms with Crippen molar-refractivity contribution in [3.05, 3.63) is 158 Å². The maximum Gasteiger partial charge on any atom is 0.472 e. The summed E-state index contributed by atoms with van der Waals surface area (Å²) in [5.41, 5.74) is 0. The molecule has 0 aliphatic heterocycles. The SMILES string of the molecule is CC/C=C\C/C=C\C/C=C\C/C=C\C/C=C\CCCCCCCCCCCCCCCCCCCC(=O)OCC(O)COP(=O)(O)OCC(O)COP(=O)(O)OCC(COC(=O)CCCCCCC/C=C\C/C=C\C/C=C\C/C=C\CCCCC)OC(=O)CCCCCCC/C=C\C/C=C\C/C=C\C/C=C\CCCCC. The number of allylic oxidation sites excluding steroid dienone is 26. The Labute approximate surface area is 676 Å². The van der Waals surface area contributed by atoms with E-state index in [0.717, 1.165) is 161 Å². The first-order chi connectivity index (χ1) is 54.2. The topological polar surface area (TPSA) is 231 Å². The predicted octanol–water partition coefficient (Wildman–Crippen LogP) is 26.5. The number of ether oxygens (including phenoxy) is 3. The summed E-state index contributed by atoms with van der Waals surface area (Å²) in [7, 11) is -9.82. The molecule has 0 fully saturated rings. The molecule has 0 saturated carbocycles. The Balaban J connectivity index is 4.57. The van der Waals surface area contributed by atoms with E-state index in [2.05, 4.69) is 179 Å². The van der Waals surface area contributed by atoms with Crippen LogP contribution in [0.15, 0.2) is 158 Å². The number of phosphoric ester groups is 2. The Hall–Kier alpha value is -4.83. The molecule has 5 unspecified atom stereocenters. The van der Waals surface area contributed by atoms with Gasteiger partial charge in [0.2, 0.25) is 0 Å². The van der Waals surface area contributed by atoms with E-state index in [1.165, 1.54) is 135 Å². The molecule has 18 heteroatoms. The van der Waals surface area contributed by atoms with Crippen molar-refractivity contribution in [2.45, 2.75) is 373 Å². The van der Waals surface area contributed by atoms with Gasteiger partial charge in [0.15, 0.2) is 6.10 Å². The second-order valence-electron chi connectivity index (χ2n) is 29.0. The first kappa shape index (κ1) is 106. The van der Waals surface area contributed by atoms with Crippen LogP contribution in [0.3, 0.4) is 0 Å². The lowest BCUT2D eigenvalue weighted by atomic mass is 10.0. The monoisotopic (exact) mass is 1590 g/mol. The summed E-state index contributed by atoms with van der Waals surface area (Å²) < 4.78 is 61.3. The van der Waals surface area contributed by atoms with Crippen LogP contribution in [-0.4, -0.2) is 95.9 Å². The van der Waals surface area contributed by atoms with Crippen molar-refractivity contribution in [2.24, 2.45) is 0 Å². The Bertz CT molecular complexity index is 2650. The lowest BCUT2D eigenvalue weighted by Crippen LogP contribution is -2.30. The Morgan fingerprint density at radius 2 is 0.477 bits per heavy atom. The lowest BCUT2D eigenvalue weighted by Gasteiger charge is -2.21. The molecule has 0 spiro atoms. The molecule has 0 rings (SSSR count). The van der Waals surface area contributed by atoms with E-state index in [1.807, 2.05) is 0 Å². The van der Waals surface area contributed by atoms with Gasteiger partial charge in [-0.3, -0.25) is 32.5 Å². The van der Waals surface area contributed by atoms with Crippen LogP contribution in [0.1, 0.15) is 355 Å². The fourth-order valence-electron chi connectivity index (χ4n) is 11.6. The average Bonchev–Trinajstić information content (AvgIpc) is 0.900. The highest BCUT2D eigenvalue weighted by molar-refractivity contribution is 7.47. The van der Waals surface area contributed by atoms with Crippen molar-refractivity contribution in [3.8, 4) is 0 Å². The first-order valence-corrected chi connectivity index (χ1v) is 46.8. The number of unbranched alkanes of at least 4 members (excludes halogenated alkanes) is 33. The molecule has 0 radical (unpaired) electrons. The third-order valence-corrected chi connectivity index (χ3v) is 20.1. The average molecular weight is 1590 g/mol. The zero-order valence-electron chi connectivity index (χ0n) is 69.8. The molecular formula is C93H158O16P2. The second-order valence-corrected chi connectivity index (χ2v) is 31.9. The second kappa shape index (κ2) is 84.6. The molecule has 5 atom stereocenters. The van der Waals surface area contributed by atoms with Gasteiger partial charge in [-0.1, -0.05) is 339 Å². The standard InChI is InChI=1S/C93H158O16P2/c1-4-7-10-13-16-19-22-25-28-31-34-37-38-39-40-41-42-43-44-45-46-47-48-51-53-55-58-61-64-67-70-73-76-79-91(96)103-82-88(94)83-105-110(99,100)106-84-89(95)85-107-111(101,102)108-87-90(109-93(98)81-78-75-72-69-66-63-60-57-54-50-36-33-30-27-24-21-18-15-12-9-6-3)86-104-92(97)80-77-74-71-68-65-62-59-56-52-49-35-32-29-26-23-20-17-14-11-8-5-2/h7,10,16-21,25-30,34-37,39-40,49-50,56-57,59-60,88-90,94-95H,4-6,8-9,11-15,22-24,31-33,38,41-48,51-55,58,61-87H2,1-3H3,(H,99,100)(H,101,102)/b10-7-,19-16-,20-17-,21-18-,28-25-,29-26-,30-27-,37-34-,40-39-,49-35-,50-36-,59-56-,60-57-. The molecule has 0 aromatic carbocycles. The number of esters is 3. The highest BCUT2D eigenvalue weighted by atomic mass is 31.2. The zero-order valence-corrected chi connectivity index (χ0v) is 71.6. The number of carbonyl (C=O) groups is 3. The van der Waals surface area contributed by atoms with Crippen molar-refractivity contribution >= 4 is 33.6 Å². The fourth-order valence-corrected chi connectivity index (χ4v) is 13.2. The van der Waals surface area contributed by atoms with Crippen molar-refractivity contribution in [3.63, 3.8) is 0 Å². The third kappa shape index (κ3) is 85.9. The fraction of sp³-hybridized carbons (Fsp3) is 0.688. The third-order valence-electron chi connectivity index (χ3n) is 18.2. The highest BCUT2D eigenvalue weighted by Gasteiger charge is 2.29. The van der Waals surface area contributed by atoms with Gasteiger partial charge in [-0.2, -0.15) is 0 Å². The first-order valence-electron chi connectivity index (χ1n) is 43.8. The van der Waals surface area contributed by atoms with Gasteiger partial charge in [0.25, 0.3) is 0 Å². The van der Waals surface area contributed by atoms with Crippen molar-refractivity contribution in [1.82, 2.24) is 0 Å². The lowest BCUT2D eigenvalue weighted by molar-refractivity contribution is -0.161. The largest absolute Gasteiger partial charge is 0.472 e. The minimum absolute atomic E-state index is 0.0751. The van der Waals surface area contributed by atoms with Gasteiger partial charge in [-0.25, -0.2) is 9.13 Å². The van der Waals surface area contributed by atoms with Crippen molar-refractivity contribution in [1.29, 1.82) is 0 Å². The van der Waals surface area contributed by atoms with Gasteiger partial charge in [-0.05, 0) is 154 Å². The molecule has 4 N–H and O–H groups in total. The molecule has 0 aromatic heterocycles. The van der Waals surface area contributed by atoms with Crippen LogP contribution in [0.4, 0.5) is 0 Å². The number of phosphoric acid groups is 2. The smallest absolute Gasteiger partial charge is 0.463 e. The molecule has 0 amide bonds. The summed E-state index contributed by atoms with van der Waals surface area (Å²) in [6.45, 7) is 2.49. The molecule has 111 heavy (non-hydrogen) atoms. The minimum atomic E-state index is -4.95. The van der Waals surface area contributed by atoms with E-state index in [9.17, 15) is 43.5 Å². The number of hydrogen-bond acceptors (Lipinski definition) is 14. The summed E-state index contributed by atoms with van der Waals surface area (Å²) >= 11 is 0. The summed E-state index contributed by atoms with van der Waals surface area (Å²) in [6.07, 6.45) is 107. The van der Waals surface area contributed by atoms with Crippen LogP contribution < -0.4 is 0 Å². The molecule has 636 valence electrons. The molecule has 0 aliphatic rings. The Morgan fingerprint density at radius 1 is 0.261 bits per heavy atom. The number of rotatable bonds is 82. The molecule has 0 bridgehead atoms. The van der Waals surface area contributed by atoms with Gasteiger partial charge in [-0.15, -0.1) is 0 Å². The number of aliphatic hydroxyl groups is 2. The van der Waals surface area contributed by atoms with Crippen molar-refractivity contribution < 1.29 is 75.8 Å². The van der Waals surface area contributed by atoms with E-state index in [4.69, 9.17) is 32.3 Å². The number of carbonyl (C=O) groups excluding carboxylic acids is 3. The van der Waals surface area contributed by atoms with E-state index >= 15 is 0 Å². The maximum atomic E-state index is 13.0. The molecule has 16 nitrogen and oxygen atoms in total. The minimum Gasteiger partial charge on any atom is -0.463 e. The van der Waals surface area contributed by atoms with Crippen LogP contribution in [0.5, 0.6) is 0 Å². The Morgan fingerprint density at radius 3 is 0.757 bits per heavy atom. The summed E-state index contributed by atoms with van der Waals surface area (Å²) in [4.78, 5) is 58.9. The predicted molar refractivity (Wildman–Crippen MR) is 463 cm³/mol. The Kier molecular flexibility index (Phi) is 80.9. The van der Waals surface area contributed by atoms with Gasteiger partial charge < -0.3 is 34.2 Å². The van der Waals surface area contributed by atoms with Crippen LogP contribution in [0.25, 0.3) is 0 Å². The molecule has 0 aliphatic carbocycles. The van der Waals surface area contributed by atoms with E-state index in [1.54, 1.807) is 0 Å². The molecular weight excluding hydrogens is 1430 g/mol. The quantitative estimate of drug-likeness (QED) is 0.0146. The summed E-state index contributed by atoms with van der Waals surface area (Å²) in [5.74, 6) is -1.61. The molecule has 0 heterocycles. The molecule has 0 saturated heterocycles. The molecule has 0 aromatic rings. The number of hydrogen-bond donors (Lipinski definition) is 4. The summed E-state index contributed by atoms with van der Waals surface area (Å²) in [6, 6.07) is 0. The summed E-state index contributed by atoms with van der Waals surface area (Å²) in [5, 5.41) is 20.7. The van der Waals surface area contributed by atoms with Gasteiger partial charge in [0.05, 0.1) is 26.4 Å². The number of aliphatic hydroxyl groups excluding tert-OH is 2. The van der Waals surface area contributed by atoms with Crippen LogP contribution in [-0.2, 0) is 55.8 Å². The van der Waals surface area contributed by atoms with Crippen molar-refractivity contribution in [2.75, 3.05) is 39.6 Å². The van der Waals surface area contributed by atoms with E-state index in [-0.39, 0.29) is 19.3 Å². The van der Waals surface area contributed by atoms with Gasteiger partial charge in [0, 0.05) is 19.3 Å². The highest BCUT2D eigenvalue weighted by Crippen LogP contribution is 2.45. The van der Waals surface area contributed by atoms with Gasteiger partial charge >= 0.3 is 33.6 Å². The van der Waals surface area contributed by atoms with Gasteiger partial charge in [0.1, 0.15) is 25.4 Å². The van der Waals surface area contributed by atoms with E-state index < -0.39 is 91.5 Å².